The zero-order valence-corrected chi connectivity index (χ0v) is 16.4. The van der Waals surface area contributed by atoms with Gasteiger partial charge in [0.05, 0.1) is 0 Å². The van der Waals surface area contributed by atoms with Gasteiger partial charge in [0.2, 0.25) is 0 Å². The first-order valence-electron chi connectivity index (χ1n) is 8.94. The minimum Gasteiger partial charge on any atom is -0.386 e. The molecule has 25 heavy (non-hydrogen) atoms. The number of hydrogen-bond donors (Lipinski definition) is 3. The Morgan fingerprint density at radius 1 is 1.20 bits per heavy atom. The van der Waals surface area contributed by atoms with E-state index < -0.39 is 6.10 Å². The predicted molar refractivity (Wildman–Crippen MR) is 109 cm³/mol. The van der Waals surface area contributed by atoms with Crippen molar-refractivity contribution in [2.24, 2.45) is 4.99 Å². The SMILES string of the molecule is CCN(CC)C(C)CNC(=NC)NCC(O)c1cc2ccccc2s1. The van der Waals surface area contributed by atoms with E-state index in [1.807, 2.05) is 12.1 Å². The summed E-state index contributed by atoms with van der Waals surface area (Å²) in [4.78, 5) is 7.62. The molecule has 0 amide bonds. The molecule has 2 rings (SSSR count). The molecule has 3 N–H and O–H groups in total. The lowest BCUT2D eigenvalue weighted by atomic mass is 10.2. The van der Waals surface area contributed by atoms with Crippen molar-refractivity contribution < 1.29 is 5.11 Å². The van der Waals surface area contributed by atoms with Gasteiger partial charge >= 0.3 is 0 Å². The van der Waals surface area contributed by atoms with E-state index >= 15 is 0 Å². The first-order valence-corrected chi connectivity index (χ1v) is 9.75. The molecular weight excluding hydrogens is 332 g/mol. The Balaban J connectivity index is 1.85. The predicted octanol–water partition coefficient (Wildman–Crippen LogP) is 2.83. The van der Waals surface area contributed by atoms with Crippen molar-refractivity contribution in [3.05, 3.63) is 35.2 Å². The number of hydrogen-bond acceptors (Lipinski definition) is 4. The molecule has 6 heteroatoms. The zero-order valence-electron chi connectivity index (χ0n) is 15.6. The van der Waals surface area contributed by atoms with Crippen molar-refractivity contribution in [3.8, 4) is 0 Å². The summed E-state index contributed by atoms with van der Waals surface area (Å²) in [7, 11) is 1.75. The number of aliphatic hydroxyl groups excluding tert-OH is 1. The number of fused-ring (bicyclic) bond motifs is 1. The lowest BCUT2D eigenvalue weighted by Crippen LogP contribution is -2.46. The summed E-state index contributed by atoms with van der Waals surface area (Å²) in [5.74, 6) is 0.721. The Hall–Kier alpha value is -1.63. The fourth-order valence-corrected chi connectivity index (χ4v) is 3.95. The van der Waals surface area contributed by atoms with Gasteiger partial charge in [0, 0.05) is 35.8 Å². The maximum absolute atomic E-state index is 10.5. The van der Waals surface area contributed by atoms with Gasteiger partial charge in [0.15, 0.2) is 5.96 Å². The van der Waals surface area contributed by atoms with Gasteiger partial charge in [-0.15, -0.1) is 11.3 Å². The van der Waals surface area contributed by atoms with Crippen LogP contribution >= 0.6 is 11.3 Å². The monoisotopic (exact) mass is 362 g/mol. The van der Waals surface area contributed by atoms with Crippen molar-refractivity contribution in [2.75, 3.05) is 33.2 Å². The van der Waals surface area contributed by atoms with Gasteiger partial charge in [-0.2, -0.15) is 0 Å². The normalized spacial score (nSPS) is 14.7. The van der Waals surface area contributed by atoms with Crippen molar-refractivity contribution >= 4 is 27.4 Å². The van der Waals surface area contributed by atoms with E-state index in [0.717, 1.165) is 30.5 Å². The first-order chi connectivity index (χ1) is 12.1. The lowest BCUT2D eigenvalue weighted by molar-refractivity contribution is 0.184. The van der Waals surface area contributed by atoms with Crippen LogP contribution in [0.25, 0.3) is 10.1 Å². The lowest BCUT2D eigenvalue weighted by Gasteiger charge is -2.27. The molecule has 0 spiro atoms. The summed E-state index contributed by atoms with van der Waals surface area (Å²) in [5, 5.41) is 18.2. The van der Waals surface area contributed by atoms with Gasteiger partial charge in [-0.3, -0.25) is 9.89 Å². The van der Waals surface area contributed by atoms with Crippen LogP contribution in [0.5, 0.6) is 0 Å². The highest BCUT2D eigenvalue weighted by molar-refractivity contribution is 7.19. The maximum atomic E-state index is 10.5. The average Bonchev–Trinajstić information content (AvgIpc) is 3.07. The van der Waals surface area contributed by atoms with Crippen molar-refractivity contribution in [1.82, 2.24) is 15.5 Å². The summed E-state index contributed by atoms with van der Waals surface area (Å²) < 4.78 is 1.20. The molecule has 0 aliphatic carbocycles. The number of aliphatic imine (C=N–C) groups is 1. The Bertz CT molecular complexity index is 648. The summed E-state index contributed by atoms with van der Waals surface area (Å²) >= 11 is 1.64. The minimum absolute atomic E-state index is 0.432. The van der Waals surface area contributed by atoms with E-state index in [-0.39, 0.29) is 0 Å². The molecule has 5 nitrogen and oxygen atoms in total. The van der Waals surface area contributed by atoms with Crippen LogP contribution in [0.1, 0.15) is 31.8 Å². The number of likely N-dealkylation sites (N-methyl/N-ethyl adjacent to an activating group) is 1. The highest BCUT2D eigenvalue weighted by Crippen LogP contribution is 2.29. The highest BCUT2D eigenvalue weighted by atomic mass is 32.1. The standard InChI is InChI=1S/C19H30N4OS/c1-5-23(6-2)14(3)12-21-19(20-4)22-13-16(24)18-11-15-9-7-8-10-17(15)25-18/h7-11,14,16,24H,5-6,12-13H2,1-4H3,(H2,20,21,22). The van der Waals surface area contributed by atoms with Crippen molar-refractivity contribution in [3.63, 3.8) is 0 Å². The Morgan fingerprint density at radius 2 is 1.88 bits per heavy atom. The second-order valence-electron chi connectivity index (χ2n) is 6.11. The highest BCUT2D eigenvalue weighted by Gasteiger charge is 2.13. The van der Waals surface area contributed by atoms with E-state index in [1.165, 1.54) is 10.1 Å². The number of nitrogens with one attached hydrogen (secondary N) is 2. The number of nitrogens with zero attached hydrogens (tertiary/aromatic N) is 2. The molecule has 0 aliphatic rings. The third kappa shape index (κ3) is 5.42. The van der Waals surface area contributed by atoms with E-state index in [0.29, 0.717) is 12.6 Å². The number of rotatable bonds is 8. The Kier molecular flexibility index (Phi) is 7.68. The molecule has 0 saturated carbocycles. The van der Waals surface area contributed by atoms with E-state index in [2.05, 4.69) is 59.5 Å². The quantitative estimate of drug-likeness (QED) is 0.499. The Morgan fingerprint density at radius 3 is 2.52 bits per heavy atom. The van der Waals surface area contributed by atoms with Crippen molar-refractivity contribution in [1.29, 1.82) is 0 Å². The molecule has 0 radical (unpaired) electrons. The summed E-state index contributed by atoms with van der Waals surface area (Å²) in [6.45, 7) is 9.89. The van der Waals surface area contributed by atoms with Crippen LogP contribution in [0.15, 0.2) is 35.3 Å². The molecule has 2 atom stereocenters. The third-order valence-electron chi connectivity index (χ3n) is 4.46. The van der Waals surface area contributed by atoms with Gasteiger partial charge in [-0.1, -0.05) is 32.0 Å². The van der Waals surface area contributed by atoms with Crippen LogP contribution in [-0.4, -0.2) is 55.2 Å². The minimum atomic E-state index is -0.545. The number of aliphatic hydroxyl groups is 1. The molecule has 1 aromatic heterocycles. The van der Waals surface area contributed by atoms with Crippen LogP contribution in [0.2, 0.25) is 0 Å². The zero-order chi connectivity index (χ0) is 18.2. The van der Waals surface area contributed by atoms with Gasteiger partial charge in [-0.05, 0) is 37.5 Å². The molecular formula is C19H30N4OS. The van der Waals surface area contributed by atoms with E-state index in [1.54, 1.807) is 18.4 Å². The van der Waals surface area contributed by atoms with Crippen LogP contribution in [0.3, 0.4) is 0 Å². The van der Waals surface area contributed by atoms with Crippen LogP contribution in [-0.2, 0) is 0 Å². The van der Waals surface area contributed by atoms with E-state index in [4.69, 9.17) is 0 Å². The van der Waals surface area contributed by atoms with Crippen LogP contribution < -0.4 is 10.6 Å². The number of benzene rings is 1. The largest absolute Gasteiger partial charge is 0.386 e. The maximum Gasteiger partial charge on any atom is 0.191 e. The summed E-state index contributed by atoms with van der Waals surface area (Å²) in [6.07, 6.45) is -0.545. The van der Waals surface area contributed by atoms with Crippen LogP contribution in [0, 0.1) is 0 Å². The fourth-order valence-electron chi connectivity index (χ4n) is 2.90. The molecule has 138 valence electrons. The van der Waals surface area contributed by atoms with E-state index in [9.17, 15) is 5.11 Å². The van der Waals surface area contributed by atoms with Gasteiger partial charge in [-0.25, -0.2) is 0 Å². The molecule has 2 aromatic rings. The second-order valence-corrected chi connectivity index (χ2v) is 7.22. The number of guanidine groups is 1. The molecule has 1 heterocycles. The topological polar surface area (TPSA) is 59.9 Å². The van der Waals surface area contributed by atoms with Gasteiger partial charge < -0.3 is 15.7 Å². The molecule has 1 aromatic carbocycles. The third-order valence-corrected chi connectivity index (χ3v) is 5.68. The average molecular weight is 363 g/mol. The number of thiophene rings is 1. The summed E-state index contributed by atoms with van der Waals surface area (Å²) in [6, 6.07) is 10.7. The van der Waals surface area contributed by atoms with Gasteiger partial charge in [0.1, 0.15) is 6.10 Å². The van der Waals surface area contributed by atoms with Gasteiger partial charge in [0.25, 0.3) is 0 Å². The molecule has 0 bridgehead atoms. The molecule has 0 fully saturated rings. The smallest absolute Gasteiger partial charge is 0.191 e. The molecule has 2 unspecified atom stereocenters. The van der Waals surface area contributed by atoms with Crippen molar-refractivity contribution in [2.45, 2.75) is 32.9 Å². The molecule has 0 aliphatic heterocycles. The van der Waals surface area contributed by atoms with Crippen LogP contribution in [0.4, 0.5) is 0 Å². The fraction of sp³-hybridized carbons (Fsp3) is 0.526. The Labute approximate surface area is 154 Å². The summed E-state index contributed by atoms with van der Waals surface area (Å²) in [5.41, 5.74) is 0. The molecule has 0 saturated heterocycles. The second kappa shape index (κ2) is 9.75. The first kappa shape index (κ1) is 19.7.